The summed E-state index contributed by atoms with van der Waals surface area (Å²) in [6.45, 7) is 12.6. The van der Waals surface area contributed by atoms with Gasteiger partial charge in [0.1, 0.15) is 6.61 Å². The van der Waals surface area contributed by atoms with Crippen LogP contribution in [-0.4, -0.2) is 44.0 Å². The van der Waals surface area contributed by atoms with Crippen LogP contribution in [0.4, 0.5) is 0 Å². The van der Waals surface area contributed by atoms with Crippen LogP contribution in [0.3, 0.4) is 0 Å². The number of hydrogen-bond donors (Lipinski definition) is 3. The fraction of sp³-hybridized carbons (Fsp3) is 0.667. The van der Waals surface area contributed by atoms with Crippen LogP contribution in [0, 0.1) is 5.41 Å². The fourth-order valence-electron chi connectivity index (χ4n) is 2.53. The maximum absolute atomic E-state index is 8.90. The number of nitrogens with zero attached hydrogens (tertiary/aromatic N) is 1. The molecule has 7 heteroatoms. The first-order valence-corrected chi connectivity index (χ1v) is 9.74. The number of halogens is 1. The molecule has 0 saturated carbocycles. The molecule has 0 heterocycles. The molecule has 0 radical (unpaired) electrons. The first-order chi connectivity index (χ1) is 12.8. The molecule has 1 atom stereocenters. The van der Waals surface area contributed by atoms with Crippen LogP contribution in [0.1, 0.15) is 53.0 Å². The molecule has 0 aliphatic rings. The quantitative estimate of drug-likeness (QED) is 0.254. The molecule has 6 nitrogen and oxygen atoms in total. The molecule has 28 heavy (non-hydrogen) atoms. The lowest BCUT2D eigenvalue weighted by atomic mass is 9.89. The second-order valence-electron chi connectivity index (χ2n) is 7.90. The predicted molar refractivity (Wildman–Crippen MR) is 127 cm³/mol. The van der Waals surface area contributed by atoms with E-state index >= 15 is 0 Å². The van der Waals surface area contributed by atoms with E-state index in [2.05, 4.69) is 45.3 Å². The van der Waals surface area contributed by atoms with Crippen molar-refractivity contribution in [3.8, 4) is 11.5 Å². The van der Waals surface area contributed by atoms with E-state index < -0.39 is 0 Å². The van der Waals surface area contributed by atoms with Gasteiger partial charge in [-0.05, 0) is 49.8 Å². The van der Waals surface area contributed by atoms with E-state index in [1.54, 1.807) is 7.11 Å². The van der Waals surface area contributed by atoms with Gasteiger partial charge in [-0.15, -0.1) is 24.0 Å². The molecule has 0 fully saturated rings. The number of methoxy groups -OCH3 is 1. The van der Waals surface area contributed by atoms with Crippen LogP contribution in [0.25, 0.3) is 0 Å². The standard InChI is InChI=1S/C21H37N3O3.HI/c1-7-22-20(24-16(2)10-11-21(3,4)5)23-15-17-8-9-18(27-13-12-25)19(14-17)26-6;/h8-9,14,16,25H,7,10-13,15H2,1-6H3,(H2,22,23,24);1H. The second-order valence-corrected chi connectivity index (χ2v) is 7.90. The second kappa shape index (κ2) is 13.9. The van der Waals surface area contributed by atoms with E-state index in [1.807, 2.05) is 18.2 Å². The molecule has 1 aromatic rings. The maximum atomic E-state index is 8.90. The van der Waals surface area contributed by atoms with E-state index in [4.69, 9.17) is 19.6 Å². The number of nitrogens with one attached hydrogen (secondary N) is 2. The molecular formula is C21H38IN3O3. The highest BCUT2D eigenvalue weighted by Crippen LogP contribution is 2.28. The highest BCUT2D eigenvalue weighted by molar-refractivity contribution is 14.0. The molecule has 0 aliphatic carbocycles. The van der Waals surface area contributed by atoms with Crippen molar-refractivity contribution in [3.63, 3.8) is 0 Å². The zero-order valence-corrected chi connectivity index (χ0v) is 20.5. The van der Waals surface area contributed by atoms with Gasteiger partial charge in [0, 0.05) is 12.6 Å². The summed E-state index contributed by atoms with van der Waals surface area (Å²) >= 11 is 0. The third-order valence-electron chi connectivity index (χ3n) is 4.05. The Balaban J connectivity index is 0.00000729. The third-order valence-corrected chi connectivity index (χ3v) is 4.05. The van der Waals surface area contributed by atoms with Crippen LogP contribution in [0.2, 0.25) is 0 Å². The Bertz CT molecular complexity index is 589. The number of aliphatic imine (C=N–C) groups is 1. The van der Waals surface area contributed by atoms with Crippen molar-refractivity contribution < 1.29 is 14.6 Å². The summed E-state index contributed by atoms with van der Waals surface area (Å²) in [6, 6.07) is 6.09. The highest BCUT2D eigenvalue weighted by atomic mass is 127. The minimum Gasteiger partial charge on any atom is -0.493 e. The van der Waals surface area contributed by atoms with E-state index in [0.717, 1.165) is 30.9 Å². The van der Waals surface area contributed by atoms with Gasteiger partial charge >= 0.3 is 0 Å². The number of ether oxygens (including phenoxy) is 2. The zero-order chi connectivity index (χ0) is 20.3. The molecule has 1 rings (SSSR count). The number of rotatable bonds is 10. The minimum atomic E-state index is -0.0275. The van der Waals surface area contributed by atoms with Crippen molar-refractivity contribution in [2.45, 2.75) is 60.0 Å². The predicted octanol–water partition coefficient (Wildman–Crippen LogP) is 3.95. The molecule has 0 bridgehead atoms. The number of benzene rings is 1. The van der Waals surface area contributed by atoms with Crippen molar-refractivity contribution in [1.29, 1.82) is 0 Å². The Morgan fingerprint density at radius 1 is 1.25 bits per heavy atom. The molecule has 1 aromatic carbocycles. The summed E-state index contributed by atoms with van der Waals surface area (Å²) in [5.41, 5.74) is 1.37. The molecule has 162 valence electrons. The van der Waals surface area contributed by atoms with Crippen molar-refractivity contribution in [3.05, 3.63) is 23.8 Å². The minimum absolute atomic E-state index is 0. The third kappa shape index (κ3) is 10.9. The molecule has 0 spiro atoms. The normalized spacial score (nSPS) is 12.8. The van der Waals surface area contributed by atoms with E-state index in [-0.39, 0.29) is 37.2 Å². The number of guanidine groups is 1. The molecule has 0 amide bonds. The number of aliphatic hydroxyl groups excluding tert-OH is 1. The van der Waals surface area contributed by atoms with Gasteiger partial charge in [-0.1, -0.05) is 26.8 Å². The molecule has 1 unspecified atom stereocenters. The van der Waals surface area contributed by atoms with Crippen molar-refractivity contribution in [1.82, 2.24) is 10.6 Å². The smallest absolute Gasteiger partial charge is 0.191 e. The summed E-state index contributed by atoms with van der Waals surface area (Å²) in [4.78, 5) is 4.69. The van der Waals surface area contributed by atoms with Crippen molar-refractivity contribution in [2.75, 3.05) is 26.9 Å². The average molecular weight is 507 g/mol. The lowest BCUT2D eigenvalue weighted by molar-refractivity contribution is 0.196. The summed E-state index contributed by atoms with van der Waals surface area (Å²) in [6.07, 6.45) is 2.26. The monoisotopic (exact) mass is 507 g/mol. The first-order valence-electron chi connectivity index (χ1n) is 9.74. The maximum Gasteiger partial charge on any atom is 0.191 e. The zero-order valence-electron chi connectivity index (χ0n) is 18.2. The van der Waals surface area contributed by atoms with E-state index in [9.17, 15) is 0 Å². The van der Waals surface area contributed by atoms with Gasteiger partial charge in [0.25, 0.3) is 0 Å². The van der Waals surface area contributed by atoms with Crippen molar-refractivity contribution >= 4 is 29.9 Å². The first kappa shape index (κ1) is 26.8. The van der Waals surface area contributed by atoms with Gasteiger partial charge in [0.05, 0.1) is 20.3 Å². The Morgan fingerprint density at radius 3 is 2.54 bits per heavy atom. The van der Waals surface area contributed by atoms with E-state index in [0.29, 0.717) is 29.5 Å². The summed E-state index contributed by atoms with van der Waals surface area (Å²) in [5.74, 6) is 2.09. The van der Waals surface area contributed by atoms with Crippen LogP contribution in [0.15, 0.2) is 23.2 Å². The number of aliphatic hydroxyl groups is 1. The highest BCUT2D eigenvalue weighted by Gasteiger charge is 2.13. The molecule has 0 aromatic heterocycles. The van der Waals surface area contributed by atoms with Crippen molar-refractivity contribution in [2.24, 2.45) is 10.4 Å². The Morgan fingerprint density at radius 2 is 1.96 bits per heavy atom. The lowest BCUT2D eigenvalue weighted by Gasteiger charge is -2.23. The fourth-order valence-corrected chi connectivity index (χ4v) is 2.53. The number of hydrogen-bond acceptors (Lipinski definition) is 4. The molecule has 3 N–H and O–H groups in total. The molecular weight excluding hydrogens is 469 g/mol. The SMILES string of the molecule is CCNC(=NCc1ccc(OCCO)c(OC)c1)NC(C)CCC(C)(C)C.I. The molecule has 0 aliphatic heterocycles. The molecule has 0 saturated heterocycles. The van der Waals surface area contributed by atoms with E-state index in [1.165, 1.54) is 0 Å². The van der Waals surface area contributed by atoms with Gasteiger partial charge in [0.15, 0.2) is 17.5 Å². The van der Waals surface area contributed by atoms with Crippen LogP contribution in [-0.2, 0) is 6.54 Å². The van der Waals surface area contributed by atoms with Crippen LogP contribution < -0.4 is 20.1 Å². The Hall–Kier alpha value is -1.22. The summed E-state index contributed by atoms with van der Waals surface area (Å²) in [7, 11) is 1.61. The largest absolute Gasteiger partial charge is 0.493 e. The topological polar surface area (TPSA) is 75.1 Å². The summed E-state index contributed by atoms with van der Waals surface area (Å²) < 4.78 is 10.8. The van der Waals surface area contributed by atoms with Crippen LogP contribution >= 0.6 is 24.0 Å². The van der Waals surface area contributed by atoms with Gasteiger partial charge in [-0.3, -0.25) is 0 Å². The van der Waals surface area contributed by atoms with Gasteiger partial charge in [0.2, 0.25) is 0 Å². The average Bonchev–Trinajstić information content (AvgIpc) is 2.62. The summed E-state index contributed by atoms with van der Waals surface area (Å²) in [5, 5.41) is 15.7. The Labute approximate surface area is 187 Å². The lowest BCUT2D eigenvalue weighted by Crippen LogP contribution is -2.42. The van der Waals surface area contributed by atoms with Gasteiger partial charge in [-0.25, -0.2) is 4.99 Å². The Kier molecular flexibility index (Phi) is 13.3. The van der Waals surface area contributed by atoms with Gasteiger partial charge < -0.3 is 25.2 Å². The van der Waals surface area contributed by atoms with Crippen LogP contribution in [0.5, 0.6) is 11.5 Å². The van der Waals surface area contributed by atoms with Gasteiger partial charge in [-0.2, -0.15) is 0 Å².